The molecule has 0 bridgehead atoms. The van der Waals surface area contributed by atoms with Crippen LogP contribution in [0.2, 0.25) is 5.02 Å². The molecule has 0 saturated carbocycles. The summed E-state index contributed by atoms with van der Waals surface area (Å²) >= 11 is 5.90. The van der Waals surface area contributed by atoms with E-state index in [1.807, 2.05) is 6.92 Å². The first kappa shape index (κ1) is 11.7. The molecule has 2 rings (SSSR count). The van der Waals surface area contributed by atoms with Crippen LogP contribution < -0.4 is 10.5 Å². The van der Waals surface area contributed by atoms with Crippen LogP contribution in [0.4, 0.5) is 10.1 Å². The second-order valence-corrected chi connectivity index (χ2v) is 4.10. The van der Waals surface area contributed by atoms with Gasteiger partial charge in [-0.1, -0.05) is 11.6 Å². The van der Waals surface area contributed by atoms with Crippen molar-refractivity contribution in [3.05, 3.63) is 52.8 Å². The lowest BCUT2D eigenvalue weighted by atomic mass is 10.2. The predicted octanol–water partition coefficient (Wildman–Crippen LogP) is 4.16. The van der Waals surface area contributed by atoms with Crippen LogP contribution in [0.25, 0.3) is 0 Å². The lowest BCUT2D eigenvalue weighted by Gasteiger charge is -2.09. The molecule has 0 aliphatic heterocycles. The van der Waals surface area contributed by atoms with Crippen molar-refractivity contribution in [2.75, 3.05) is 5.73 Å². The lowest BCUT2D eigenvalue weighted by Crippen LogP contribution is -1.91. The molecule has 2 N–H and O–H groups in total. The Morgan fingerprint density at radius 2 is 1.94 bits per heavy atom. The van der Waals surface area contributed by atoms with E-state index in [1.165, 1.54) is 18.2 Å². The standard InChI is InChI=1S/C13H11ClFNO/c1-8-6-10(3-5-12(8)16)17-13-7-9(15)2-4-11(13)14/h2-7H,16H2,1H3. The first-order chi connectivity index (χ1) is 8.06. The summed E-state index contributed by atoms with van der Waals surface area (Å²) in [6.07, 6.45) is 0. The van der Waals surface area contributed by atoms with Crippen molar-refractivity contribution >= 4 is 17.3 Å². The van der Waals surface area contributed by atoms with E-state index in [1.54, 1.807) is 18.2 Å². The van der Waals surface area contributed by atoms with E-state index >= 15 is 0 Å². The molecule has 2 nitrogen and oxygen atoms in total. The number of rotatable bonds is 2. The number of ether oxygens (including phenoxy) is 1. The zero-order valence-corrected chi connectivity index (χ0v) is 9.96. The van der Waals surface area contributed by atoms with E-state index in [2.05, 4.69) is 0 Å². The van der Waals surface area contributed by atoms with E-state index in [0.29, 0.717) is 16.5 Å². The highest BCUT2D eigenvalue weighted by atomic mass is 35.5. The third-order valence-electron chi connectivity index (χ3n) is 2.36. The zero-order chi connectivity index (χ0) is 12.4. The van der Waals surface area contributed by atoms with E-state index in [-0.39, 0.29) is 5.75 Å². The Morgan fingerprint density at radius 3 is 2.65 bits per heavy atom. The molecule has 2 aromatic carbocycles. The number of anilines is 1. The smallest absolute Gasteiger partial charge is 0.148 e. The highest BCUT2D eigenvalue weighted by molar-refractivity contribution is 6.32. The quantitative estimate of drug-likeness (QED) is 0.814. The molecule has 4 heteroatoms. The summed E-state index contributed by atoms with van der Waals surface area (Å²) in [4.78, 5) is 0. The molecular weight excluding hydrogens is 241 g/mol. The van der Waals surface area contributed by atoms with Crippen LogP contribution in [0.3, 0.4) is 0 Å². The molecule has 88 valence electrons. The minimum Gasteiger partial charge on any atom is -0.456 e. The molecule has 0 atom stereocenters. The first-order valence-corrected chi connectivity index (χ1v) is 5.43. The van der Waals surface area contributed by atoms with Gasteiger partial charge in [0.1, 0.15) is 17.3 Å². The van der Waals surface area contributed by atoms with Crippen molar-refractivity contribution in [3.63, 3.8) is 0 Å². The highest BCUT2D eigenvalue weighted by Crippen LogP contribution is 2.31. The minimum atomic E-state index is -0.392. The Hall–Kier alpha value is -1.74. The summed E-state index contributed by atoms with van der Waals surface area (Å²) in [7, 11) is 0. The molecule has 0 heterocycles. The maximum absolute atomic E-state index is 13.0. The molecule has 0 aliphatic rings. The van der Waals surface area contributed by atoms with Crippen LogP contribution >= 0.6 is 11.6 Å². The maximum atomic E-state index is 13.0. The monoisotopic (exact) mass is 251 g/mol. The van der Waals surface area contributed by atoms with Crippen LogP contribution in [-0.2, 0) is 0 Å². The normalized spacial score (nSPS) is 10.3. The highest BCUT2D eigenvalue weighted by Gasteiger charge is 2.05. The Kier molecular flexibility index (Phi) is 3.20. The summed E-state index contributed by atoms with van der Waals surface area (Å²) in [6.45, 7) is 1.87. The average molecular weight is 252 g/mol. The molecule has 0 saturated heterocycles. The Labute approximate surface area is 104 Å². The van der Waals surface area contributed by atoms with Crippen molar-refractivity contribution in [2.24, 2.45) is 0 Å². The number of hydrogen-bond donors (Lipinski definition) is 1. The molecule has 0 amide bonds. The summed E-state index contributed by atoms with van der Waals surface area (Å²) in [6, 6.07) is 9.20. The summed E-state index contributed by atoms with van der Waals surface area (Å²) in [5, 5.41) is 0.362. The van der Waals surface area contributed by atoms with Crippen molar-refractivity contribution in [2.45, 2.75) is 6.92 Å². The Morgan fingerprint density at radius 1 is 1.18 bits per heavy atom. The number of nitrogens with two attached hydrogens (primary N) is 1. The van der Waals surface area contributed by atoms with Gasteiger partial charge in [-0.15, -0.1) is 0 Å². The van der Waals surface area contributed by atoms with Crippen molar-refractivity contribution in [3.8, 4) is 11.5 Å². The summed E-state index contributed by atoms with van der Waals surface area (Å²) in [5.41, 5.74) is 7.28. The van der Waals surface area contributed by atoms with Gasteiger partial charge < -0.3 is 10.5 Å². The lowest BCUT2D eigenvalue weighted by molar-refractivity contribution is 0.477. The molecule has 0 unspecified atom stereocenters. The van der Waals surface area contributed by atoms with Crippen LogP contribution in [0.15, 0.2) is 36.4 Å². The number of benzene rings is 2. The van der Waals surface area contributed by atoms with Gasteiger partial charge in [0.25, 0.3) is 0 Å². The van der Waals surface area contributed by atoms with Gasteiger partial charge in [0.05, 0.1) is 5.02 Å². The summed E-state index contributed by atoms with van der Waals surface area (Å²) < 4.78 is 18.5. The number of aryl methyl sites for hydroxylation is 1. The molecule has 0 radical (unpaired) electrons. The zero-order valence-electron chi connectivity index (χ0n) is 9.21. The topological polar surface area (TPSA) is 35.2 Å². The molecular formula is C13H11ClFNO. The maximum Gasteiger partial charge on any atom is 0.148 e. The SMILES string of the molecule is Cc1cc(Oc2cc(F)ccc2Cl)ccc1N. The second kappa shape index (κ2) is 4.63. The fourth-order valence-electron chi connectivity index (χ4n) is 1.39. The van der Waals surface area contributed by atoms with Crippen LogP contribution in [0, 0.1) is 12.7 Å². The molecule has 0 aromatic heterocycles. The van der Waals surface area contributed by atoms with Crippen LogP contribution in [0.1, 0.15) is 5.56 Å². The second-order valence-electron chi connectivity index (χ2n) is 3.70. The van der Waals surface area contributed by atoms with E-state index in [0.717, 1.165) is 5.56 Å². The fourth-order valence-corrected chi connectivity index (χ4v) is 1.55. The number of halogens is 2. The first-order valence-electron chi connectivity index (χ1n) is 5.05. The molecule has 0 spiro atoms. The Balaban J connectivity index is 2.31. The Bertz CT molecular complexity index is 557. The van der Waals surface area contributed by atoms with Gasteiger partial charge in [0.2, 0.25) is 0 Å². The largest absolute Gasteiger partial charge is 0.456 e. The molecule has 17 heavy (non-hydrogen) atoms. The number of nitrogen functional groups attached to an aromatic ring is 1. The van der Waals surface area contributed by atoms with Gasteiger partial charge in [0, 0.05) is 11.8 Å². The van der Waals surface area contributed by atoms with Gasteiger partial charge in [-0.05, 0) is 42.8 Å². The van der Waals surface area contributed by atoms with Gasteiger partial charge in [-0.3, -0.25) is 0 Å². The van der Waals surface area contributed by atoms with Gasteiger partial charge in [-0.2, -0.15) is 0 Å². The fraction of sp³-hybridized carbons (Fsp3) is 0.0769. The molecule has 2 aromatic rings. The minimum absolute atomic E-state index is 0.288. The average Bonchev–Trinajstić information content (AvgIpc) is 2.29. The van der Waals surface area contributed by atoms with E-state index in [9.17, 15) is 4.39 Å². The van der Waals surface area contributed by atoms with Crippen molar-refractivity contribution in [1.29, 1.82) is 0 Å². The van der Waals surface area contributed by atoms with Crippen molar-refractivity contribution < 1.29 is 9.13 Å². The van der Waals surface area contributed by atoms with Gasteiger partial charge in [-0.25, -0.2) is 4.39 Å². The molecule has 0 fully saturated rings. The van der Waals surface area contributed by atoms with E-state index < -0.39 is 5.82 Å². The number of hydrogen-bond acceptors (Lipinski definition) is 2. The predicted molar refractivity (Wildman–Crippen MR) is 67.1 cm³/mol. The van der Waals surface area contributed by atoms with Crippen LogP contribution in [0.5, 0.6) is 11.5 Å². The van der Waals surface area contributed by atoms with Gasteiger partial charge in [0.15, 0.2) is 0 Å². The van der Waals surface area contributed by atoms with E-state index in [4.69, 9.17) is 22.1 Å². The molecule has 0 aliphatic carbocycles. The van der Waals surface area contributed by atoms with Crippen LogP contribution in [-0.4, -0.2) is 0 Å². The van der Waals surface area contributed by atoms with Gasteiger partial charge >= 0.3 is 0 Å². The summed E-state index contributed by atoms with van der Waals surface area (Å²) in [5.74, 6) is 0.469. The third-order valence-corrected chi connectivity index (χ3v) is 2.67. The van der Waals surface area contributed by atoms with Crippen molar-refractivity contribution in [1.82, 2.24) is 0 Å². The third kappa shape index (κ3) is 2.68.